The summed E-state index contributed by atoms with van der Waals surface area (Å²) >= 11 is 0. The highest BCUT2D eigenvalue weighted by Gasteiger charge is 2.27. The number of hydrogen-bond acceptors (Lipinski definition) is 4. The molecule has 0 radical (unpaired) electrons. The smallest absolute Gasteiger partial charge is 0.335 e. The molecule has 0 atom stereocenters. The van der Waals surface area contributed by atoms with E-state index >= 15 is 0 Å². The molecule has 3 aromatic carbocycles. The van der Waals surface area contributed by atoms with Crippen LogP contribution in [0.3, 0.4) is 0 Å². The van der Waals surface area contributed by atoms with Gasteiger partial charge >= 0.3 is 5.97 Å². The van der Waals surface area contributed by atoms with Crippen molar-refractivity contribution in [2.24, 2.45) is 0 Å². The van der Waals surface area contributed by atoms with Gasteiger partial charge in [0.15, 0.2) is 0 Å². The van der Waals surface area contributed by atoms with Gasteiger partial charge < -0.3 is 14.4 Å². The van der Waals surface area contributed by atoms with Crippen molar-refractivity contribution in [3.63, 3.8) is 0 Å². The van der Waals surface area contributed by atoms with E-state index in [0.717, 1.165) is 28.2 Å². The van der Waals surface area contributed by atoms with Gasteiger partial charge in [-0.15, -0.1) is 0 Å². The zero-order valence-corrected chi connectivity index (χ0v) is 16.9. The standard InChI is InChI=1S/C26H25NO3/c28-26-24(16-19-30-26)25(17-18-29-20-21-10-4-1-5-11-21)27(22-12-6-2-7-13-22)23-14-8-3-9-15-23/h1-15H,16-20H2/b25-24+. The van der Waals surface area contributed by atoms with Crippen LogP contribution in [0.5, 0.6) is 0 Å². The Hall–Kier alpha value is -3.37. The lowest BCUT2D eigenvalue weighted by atomic mass is 10.1. The fourth-order valence-corrected chi connectivity index (χ4v) is 3.64. The average molecular weight is 399 g/mol. The van der Waals surface area contributed by atoms with Crippen molar-refractivity contribution in [2.75, 3.05) is 18.1 Å². The maximum atomic E-state index is 12.5. The third-order valence-electron chi connectivity index (χ3n) is 5.07. The average Bonchev–Trinajstić information content (AvgIpc) is 3.23. The molecule has 1 aliphatic rings. The van der Waals surface area contributed by atoms with Crippen LogP contribution >= 0.6 is 0 Å². The van der Waals surface area contributed by atoms with E-state index in [9.17, 15) is 4.79 Å². The Balaban J connectivity index is 1.62. The fraction of sp³-hybridized carbons (Fsp3) is 0.192. The van der Waals surface area contributed by atoms with Crippen molar-refractivity contribution < 1.29 is 14.3 Å². The fourth-order valence-electron chi connectivity index (χ4n) is 3.64. The van der Waals surface area contributed by atoms with E-state index in [2.05, 4.69) is 29.2 Å². The number of nitrogens with zero attached hydrogens (tertiary/aromatic N) is 1. The molecule has 30 heavy (non-hydrogen) atoms. The molecule has 1 aliphatic heterocycles. The molecule has 0 aromatic heterocycles. The first-order valence-electron chi connectivity index (χ1n) is 10.2. The number of rotatable bonds is 8. The van der Waals surface area contributed by atoms with Crippen LogP contribution in [-0.2, 0) is 20.9 Å². The molecule has 0 amide bonds. The molecule has 4 heteroatoms. The van der Waals surface area contributed by atoms with Gasteiger partial charge in [-0.3, -0.25) is 0 Å². The molecule has 0 spiro atoms. The molecule has 0 saturated carbocycles. The van der Waals surface area contributed by atoms with Gasteiger partial charge in [-0.25, -0.2) is 4.79 Å². The molecule has 1 fully saturated rings. The maximum Gasteiger partial charge on any atom is 0.335 e. The summed E-state index contributed by atoms with van der Waals surface area (Å²) in [6, 6.07) is 30.3. The number of hydrogen-bond donors (Lipinski definition) is 0. The third kappa shape index (κ3) is 4.78. The lowest BCUT2D eigenvalue weighted by Gasteiger charge is -2.29. The second kappa shape index (κ2) is 9.90. The Morgan fingerprint density at radius 2 is 1.40 bits per heavy atom. The monoisotopic (exact) mass is 399 g/mol. The Labute approximate surface area is 177 Å². The number of anilines is 2. The molecule has 1 saturated heterocycles. The molecule has 0 bridgehead atoms. The zero-order valence-electron chi connectivity index (χ0n) is 16.9. The number of carbonyl (C=O) groups is 1. The van der Waals surface area contributed by atoms with E-state index in [-0.39, 0.29) is 5.97 Å². The summed E-state index contributed by atoms with van der Waals surface area (Å²) in [6.45, 7) is 1.49. The predicted molar refractivity (Wildman–Crippen MR) is 118 cm³/mol. The van der Waals surface area contributed by atoms with E-state index < -0.39 is 0 Å². The number of benzene rings is 3. The first-order valence-corrected chi connectivity index (χ1v) is 10.2. The van der Waals surface area contributed by atoms with Gasteiger partial charge in [-0.05, 0) is 29.8 Å². The lowest BCUT2D eigenvalue weighted by molar-refractivity contribution is -0.135. The molecule has 152 valence electrons. The van der Waals surface area contributed by atoms with Gasteiger partial charge in [0.2, 0.25) is 0 Å². The molecular formula is C26H25NO3. The summed E-state index contributed by atoms with van der Waals surface area (Å²) in [5, 5.41) is 0. The highest BCUT2D eigenvalue weighted by atomic mass is 16.5. The minimum atomic E-state index is -0.232. The van der Waals surface area contributed by atoms with Crippen molar-refractivity contribution in [1.29, 1.82) is 0 Å². The first-order chi connectivity index (χ1) is 14.8. The molecule has 1 heterocycles. The van der Waals surface area contributed by atoms with Gasteiger partial charge in [-0.2, -0.15) is 0 Å². The Kier molecular flexibility index (Phi) is 6.58. The van der Waals surface area contributed by atoms with Crippen LogP contribution in [0, 0.1) is 0 Å². The van der Waals surface area contributed by atoms with Crippen LogP contribution < -0.4 is 4.90 Å². The molecule has 0 N–H and O–H groups in total. The number of para-hydroxylation sites is 2. The predicted octanol–water partition coefficient (Wildman–Crippen LogP) is 5.63. The Bertz CT molecular complexity index is 945. The summed E-state index contributed by atoms with van der Waals surface area (Å²) < 4.78 is 11.2. The van der Waals surface area contributed by atoms with Crippen LogP contribution in [0.4, 0.5) is 11.4 Å². The van der Waals surface area contributed by atoms with E-state index in [0.29, 0.717) is 32.7 Å². The van der Waals surface area contributed by atoms with Crippen molar-refractivity contribution >= 4 is 17.3 Å². The second-order valence-corrected chi connectivity index (χ2v) is 7.11. The molecular weight excluding hydrogens is 374 g/mol. The van der Waals surface area contributed by atoms with Crippen LogP contribution in [0.25, 0.3) is 0 Å². The van der Waals surface area contributed by atoms with E-state index in [1.54, 1.807) is 0 Å². The Morgan fingerprint density at radius 1 is 0.833 bits per heavy atom. The van der Waals surface area contributed by atoms with Crippen molar-refractivity contribution in [2.45, 2.75) is 19.4 Å². The van der Waals surface area contributed by atoms with E-state index in [1.165, 1.54) is 0 Å². The topological polar surface area (TPSA) is 38.8 Å². The van der Waals surface area contributed by atoms with Crippen LogP contribution in [0.2, 0.25) is 0 Å². The number of carbonyl (C=O) groups excluding carboxylic acids is 1. The van der Waals surface area contributed by atoms with Crippen molar-refractivity contribution in [3.05, 3.63) is 108 Å². The summed E-state index contributed by atoms with van der Waals surface area (Å²) in [6.07, 6.45) is 1.23. The van der Waals surface area contributed by atoms with Crippen molar-refractivity contribution in [3.8, 4) is 0 Å². The quantitative estimate of drug-likeness (QED) is 0.279. The normalized spacial score (nSPS) is 15.0. The van der Waals surface area contributed by atoms with Gasteiger partial charge in [0.1, 0.15) is 0 Å². The maximum absolute atomic E-state index is 12.5. The van der Waals surface area contributed by atoms with Gasteiger partial charge in [-0.1, -0.05) is 66.7 Å². The third-order valence-corrected chi connectivity index (χ3v) is 5.07. The SMILES string of the molecule is O=C1OCC/C1=C(/CCOCc1ccccc1)N(c1ccccc1)c1ccccc1. The highest BCUT2D eigenvalue weighted by Crippen LogP contribution is 2.34. The number of cyclic esters (lactones) is 1. The van der Waals surface area contributed by atoms with Gasteiger partial charge in [0.05, 0.1) is 25.4 Å². The Morgan fingerprint density at radius 3 is 1.93 bits per heavy atom. The summed E-state index contributed by atoms with van der Waals surface area (Å²) in [5.74, 6) is -0.232. The number of ether oxygens (including phenoxy) is 2. The molecule has 0 unspecified atom stereocenters. The van der Waals surface area contributed by atoms with E-state index in [4.69, 9.17) is 9.47 Å². The van der Waals surface area contributed by atoms with Crippen LogP contribution in [-0.4, -0.2) is 19.2 Å². The highest BCUT2D eigenvalue weighted by molar-refractivity contribution is 5.92. The van der Waals surface area contributed by atoms with Crippen molar-refractivity contribution in [1.82, 2.24) is 0 Å². The lowest BCUT2D eigenvalue weighted by Crippen LogP contribution is -2.21. The summed E-state index contributed by atoms with van der Waals surface area (Å²) in [4.78, 5) is 14.6. The van der Waals surface area contributed by atoms with Crippen LogP contribution in [0.1, 0.15) is 18.4 Å². The molecule has 4 rings (SSSR count). The summed E-state index contributed by atoms with van der Waals surface area (Å²) in [5.41, 5.74) is 4.81. The van der Waals surface area contributed by atoms with Gasteiger partial charge in [0.25, 0.3) is 0 Å². The van der Waals surface area contributed by atoms with Gasteiger partial charge in [0, 0.05) is 29.9 Å². The summed E-state index contributed by atoms with van der Waals surface area (Å²) in [7, 11) is 0. The second-order valence-electron chi connectivity index (χ2n) is 7.11. The molecule has 3 aromatic rings. The first kappa shape index (κ1) is 19.9. The minimum Gasteiger partial charge on any atom is -0.462 e. The van der Waals surface area contributed by atoms with E-state index in [1.807, 2.05) is 66.7 Å². The molecule has 0 aliphatic carbocycles. The number of esters is 1. The largest absolute Gasteiger partial charge is 0.462 e. The van der Waals surface area contributed by atoms with Crippen LogP contribution in [0.15, 0.2) is 102 Å². The minimum absolute atomic E-state index is 0.232. The molecule has 4 nitrogen and oxygen atoms in total. The zero-order chi connectivity index (χ0) is 20.6.